The Hall–Kier alpha value is -1.10. The maximum absolute atomic E-state index is 11.7. The molecule has 0 saturated heterocycles. The van der Waals surface area contributed by atoms with Crippen LogP contribution in [0.5, 0.6) is 0 Å². The first kappa shape index (κ1) is 13.0. The third kappa shape index (κ3) is 3.48. The van der Waals surface area contributed by atoms with Gasteiger partial charge >= 0.3 is 0 Å². The van der Waals surface area contributed by atoms with Gasteiger partial charge in [0.1, 0.15) is 5.56 Å². The van der Waals surface area contributed by atoms with Crippen LogP contribution in [0.15, 0.2) is 23.3 Å². The van der Waals surface area contributed by atoms with Gasteiger partial charge in [0.25, 0.3) is 5.91 Å². The fourth-order valence-corrected chi connectivity index (χ4v) is 1.25. The van der Waals surface area contributed by atoms with Gasteiger partial charge in [-0.05, 0) is 5.41 Å². The molecule has 0 aliphatic rings. The fraction of sp³-hybridized carbons (Fsp3) is 0.455. The molecule has 0 fully saturated rings. The van der Waals surface area contributed by atoms with Gasteiger partial charge in [-0.3, -0.25) is 9.59 Å². The lowest BCUT2D eigenvalue weighted by atomic mass is 9.97. The fourth-order valence-electron chi connectivity index (χ4n) is 1.06. The second-order valence-corrected chi connectivity index (χ2v) is 4.96. The lowest BCUT2D eigenvalue weighted by Gasteiger charge is -2.21. The molecule has 1 heterocycles. The highest BCUT2D eigenvalue weighted by molar-refractivity contribution is 9.09. The molecule has 0 aliphatic heterocycles. The number of aromatic amines is 1. The average Bonchev–Trinajstić information content (AvgIpc) is 2.27. The van der Waals surface area contributed by atoms with E-state index in [4.69, 9.17) is 0 Å². The molecule has 2 N–H and O–H groups in total. The summed E-state index contributed by atoms with van der Waals surface area (Å²) >= 11 is 3.37. The van der Waals surface area contributed by atoms with E-state index >= 15 is 0 Å². The molecule has 1 aromatic heterocycles. The van der Waals surface area contributed by atoms with Gasteiger partial charge in [0.2, 0.25) is 0 Å². The van der Waals surface area contributed by atoms with Gasteiger partial charge in [0.15, 0.2) is 5.43 Å². The minimum atomic E-state index is -0.337. The lowest BCUT2D eigenvalue weighted by Crippen LogP contribution is -2.36. The minimum Gasteiger partial charge on any atom is -0.367 e. The molecule has 0 atom stereocenters. The highest BCUT2D eigenvalue weighted by atomic mass is 79.9. The third-order valence-electron chi connectivity index (χ3n) is 2.16. The maximum atomic E-state index is 11.7. The lowest BCUT2D eigenvalue weighted by molar-refractivity contribution is 0.0939. The zero-order chi connectivity index (χ0) is 12.2. The van der Waals surface area contributed by atoms with Crippen molar-refractivity contribution in [3.8, 4) is 0 Å². The van der Waals surface area contributed by atoms with Crippen LogP contribution in [0.1, 0.15) is 24.2 Å². The highest BCUT2D eigenvalue weighted by Gasteiger charge is 2.18. The molecule has 0 bridgehead atoms. The van der Waals surface area contributed by atoms with Crippen molar-refractivity contribution in [1.29, 1.82) is 0 Å². The number of hydrogen-bond acceptors (Lipinski definition) is 2. The monoisotopic (exact) mass is 286 g/mol. The number of hydrogen-bond donors (Lipinski definition) is 2. The molecule has 0 radical (unpaired) electrons. The van der Waals surface area contributed by atoms with Crippen LogP contribution in [0, 0.1) is 5.41 Å². The normalized spacial score (nSPS) is 11.2. The molecule has 1 aromatic rings. The maximum Gasteiger partial charge on any atom is 0.256 e. The molecule has 16 heavy (non-hydrogen) atoms. The van der Waals surface area contributed by atoms with Crippen LogP contribution < -0.4 is 10.7 Å². The number of nitrogens with one attached hydrogen (secondary N) is 2. The third-order valence-corrected chi connectivity index (χ3v) is 3.68. The van der Waals surface area contributed by atoms with Gasteiger partial charge in [0.05, 0.1) is 0 Å². The zero-order valence-electron chi connectivity index (χ0n) is 9.34. The summed E-state index contributed by atoms with van der Waals surface area (Å²) in [6.45, 7) is 4.57. The number of halogens is 1. The van der Waals surface area contributed by atoms with Gasteiger partial charge in [-0.1, -0.05) is 29.8 Å². The van der Waals surface area contributed by atoms with Crippen molar-refractivity contribution in [3.63, 3.8) is 0 Å². The summed E-state index contributed by atoms with van der Waals surface area (Å²) in [6.07, 6.45) is 2.92. The molecular weight excluding hydrogens is 272 g/mol. The van der Waals surface area contributed by atoms with E-state index in [0.29, 0.717) is 6.54 Å². The summed E-state index contributed by atoms with van der Waals surface area (Å²) in [5.41, 5.74) is -0.155. The first-order chi connectivity index (χ1) is 7.46. The number of carbonyl (C=O) groups is 1. The summed E-state index contributed by atoms with van der Waals surface area (Å²) in [5.74, 6) is -0.337. The van der Waals surface area contributed by atoms with Crippen molar-refractivity contribution in [2.24, 2.45) is 5.41 Å². The second kappa shape index (κ2) is 5.30. The molecule has 1 rings (SSSR count). The van der Waals surface area contributed by atoms with E-state index in [9.17, 15) is 9.59 Å². The number of pyridine rings is 1. The molecule has 0 aliphatic carbocycles. The standard InChI is InChI=1S/C11H15BrN2O2/c1-11(2,6-12)7-14-10(16)8-5-13-4-3-9(8)15/h3-5H,6-7H2,1-2H3,(H,13,15)(H,14,16). The first-order valence-electron chi connectivity index (χ1n) is 4.97. The van der Waals surface area contributed by atoms with Crippen molar-refractivity contribution < 1.29 is 4.79 Å². The number of rotatable bonds is 4. The molecule has 4 nitrogen and oxygen atoms in total. The van der Waals surface area contributed by atoms with Crippen molar-refractivity contribution in [3.05, 3.63) is 34.2 Å². The van der Waals surface area contributed by atoms with Gasteiger partial charge in [0, 0.05) is 30.3 Å². The van der Waals surface area contributed by atoms with Crippen molar-refractivity contribution in [1.82, 2.24) is 10.3 Å². The number of alkyl halides is 1. The molecule has 1 amide bonds. The predicted octanol–water partition coefficient (Wildman–Crippen LogP) is 1.53. The van der Waals surface area contributed by atoms with Crippen LogP contribution in [0.2, 0.25) is 0 Å². The van der Waals surface area contributed by atoms with Crippen LogP contribution in [0.25, 0.3) is 0 Å². The largest absolute Gasteiger partial charge is 0.367 e. The Balaban J connectivity index is 2.68. The minimum absolute atomic E-state index is 0.0306. The Kier molecular flexibility index (Phi) is 4.29. The van der Waals surface area contributed by atoms with E-state index in [0.717, 1.165) is 5.33 Å². The van der Waals surface area contributed by atoms with Gasteiger partial charge < -0.3 is 10.3 Å². The van der Waals surface area contributed by atoms with E-state index in [1.807, 2.05) is 13.8 Å². The van der Waals surface area contributed by atoms with Crippen LogP contribution in [0.3, 0.4) is 0 Å². The molecule has 0 spiro atoms. The van der Waals surface area contributed by atoms with Gasteiger partial charge in [-0.15, -0.1) is 0 Å². The van der Waals surface area contributed by atoms with Crippen molar-refractivity contribution >= 4 is 21.8 Å². The van der Waals surface area contributed by atoms with E-state index < -0.39 is 0 Å². The molecule has 0 unspecified atom stereocenters. The summed E-state index contributed by atoms with van der Waals surface area (Å²) in [4.78, 5) is 25.8. The zero-order valence-corrected chi connectivity index (χ0v) is 10.9. The Morgan fingerprint density at radius 2 is 2.25 bits per heavy atom. The number of H-pyrrole nitrogens is 1. The SMILES string of the molecule is CC(C)(CBr)CNC(=O)c1c[nH]ccc1=O. The second-order valence-electron chi connectivity index (χ2n) is 4.40. The predicted molar refractivity (Wildman–Crippen MR) is 67.0 cm³/mol. The number of carbonyl (C=O) groups excluding carboxylic acids is 1. The van der Waals surface area contributed by atoms with Gasteiger partial charge in [-0.25, -0.2) is 0 Å². The molecule has 88 valence electrons. The van der Waals surface area contributed by atoms with Gasteiger partial charge in [-0.2, -0.15) is 0 Å². The summed E-state index contributed by atoms with van der Waals surface area (Å²) in [6, 6.07) is 1.34. The molecule has 0 saturated carbocycles. The average molecular weight is 287 g/mol. The topological polar surface area (TPSA) is 62.0 Å². The summed E-state index contributed by atoms with van der Waals surface area (Å²) < 4.78 is 0. The van der Waals surface area contributed by atoms with Crippen LogP contribution in [-0.2, 0) is 0 Å². The van der Waals surface area contributed by atoms with E-state index in [1.165, 1.54) is 18.5 Å². The number of amides is 1. The Labute approximate surface area is 103 Å². The Bertz CT molecular complexity index is 426. The van der Waals surface area contributed by atoms with E-state index in [2.05, 4.69) is 26.2 Å². The molecule has 5 heteroatoms. The quantitative estimate of drug-likeness (QED) is 0.825. The van der Waals surface area contributed by atoms with Crippen molar-refractivity contribution in [2.75, 3.05) is 11.9 Å². The summed E-state index contributed by atoms with van der Waals surface area (Å²) in [7, 11) is 0. The van der Waals surface area contributed by atoms with Crippen molar-refractivity contribution in [2.45, 2.75) is 13.8 Å². The van der Waals surface area contributed by atoms with E-state index in [-0.39, 0.29) is 22.3 Å². The van der Waals surface area contributed by atoms with Crippen LogP contribution in [-0.4, -0.2) is 22.8 Å². The Morgan fingerprint density at radius 1 is 1.56 bits per heavy atom. The number of aromatic nitrogens is 1. The van der Waals surface area contributed by atoms with Crippen LogP contribution in [0.4, 0.5) is 0 Å². The smallest absolute Gasteiger partial charge is 0.256 e. The summed E-state index contributed by atoms with van der Waals surface area (Å²) in [5, 5.41) is 3.53. The van der Waals surface area contributed by atoms with Crippen LogP contribution >= 0.6 is 15.9 Å². The first-order valence-corrected chi connectivity index (χ1v) is 6.10. The molecule has 0 aromatic carbocycles. The van der Waals surface area contributed by atoms with E-state index in [1.54, 1.807) is 0 Å². The Morgan fingerprint density at radius 3 is 2.81 bits per heavy atom. The molecular formula is C11H15BrN2O2. The highest BCUT2D eigenvalue weighted by Crippen LogP contribution is 2.16.